The molecular weight excluding hydrogens is 346 g/mol. The van der Waals surface area contributed by atoms with Gasteiger partial charge >= 0.3 is 0 Å². The Labute approximate surface area is 156 Å². The Morgan fingerprint density at radius 2 is 1.96 bits per heavy atom. The van der Waals surface area contributed by atoms with E-state index in [2.05, 4.69) is 15.4 Å². The molecule has 0 atom stereocenters. The third kappa shape index (κ3) is 3.38. The van der Waals surface area contributed by atoms with Gasteiger partial charge in [-0.1, -0.05) is 19.9 Å². The zero-order valence-corrected chi connectivity index (χ0v) is 15.9. The van der Waals surface area contributed by atoms with Crippen molar-refractivity contribution in [3.05, 3.63) is 56.9 Å². The largest absolute Gasteiger partial charge is 0.321 e. The number of non-ortho nitro benzene ring substituents is 1. The molecule has 3 aromatic rings. The van der Waals surface area contributed by atoms with E-state index in [1.165, 1.54) is 12.1 Å². The summed E-state index contributed by atoms with van der Waals surface area (Å²) in [6.07, 6.45) is 0. The minimum absolute atomic E-state index is 0.0730. The number of aromatic nitrogens is 3. The molecule has 0 fully saturated rings. The number of hydrogen-bond donors (Lipinski definition) is 1. The summed E-state index contributed by atoms with van der Waals surface area (Å²) < 4.78 is 1.66. The summed E-state index contributed by atoms with van der Waals surface area (Å²) >= 11 is 0. The first kappa shape index (κ1) is 18.5. The van der Waals surface area contributed by atoms with Gasteiger partial charge in [0.25, 0.3) is 11.6 Å². The van der Waals surface area contributed by atoms with Crippen molar-refractivity contribution in [1.29, 1.82) is 0 Å². The standard InChI is InChI=1S/C19H21N5O3/c1-10(2)15-9-14(17-12(4)22-23(5)18(17)20-15)19(25)21-16-8-13(24(26)27)7-6-11(16)3/h6-10H,1-5H3,(H,21,25). The van der Waals surface area contributed by atoms with Crippen LogP contribution in [-0.4, -0.2) is 25.6 Å². The zero-order valence-electron chi connectivity index (χ0n) is 15.9. The number of amides is 1. The molecule has 1 amide bonds. The van der Waals surface area contributed by atoms with Crippen LogP contribution in [0, 0.1) is 24.0 Å². The number of fused-ring (bicyclic) bond motifs is 1. The smallest absolute Gasteiger partial charge is 0.271 e. The molecule has 0 bridgehead atoms. The van der Waals surface area contributed by atoms with Crippen molar-refractivity contribution < 1.29 is 9.72 Å². The topological polar surface area (TPSA) is 103 Å². The third-order valence-electron chi connectivity index (χ3n) is 4.50. The minimum atomic E-state index is -0.484. The molecule has 3 rings (SSSR count). The van der Waals surface area contributed by atoms with Crippen molar-refractivity contribution >= 4 is 28.3 Å². The van der Waals surface area contributed by atoms with E-state index in [0.717, 1.165) is 11.3 Å². The summed E-state index contributed by atoms with van der Waals surface area (Å²) in [5.41, 5.74) is 3.66. The highest BCUT2D eigenvalue weighted by molar-refractivity contribution is 6.13. The van der Waals surface area contributed by atoms with Gasteiger partial charge in [-0.3, -0.25) is 19.6 Å². The van der Waals surface area contributed by atoms with Gasteiger partial charge in [0.2, 0.25) is 0 Å². The number of carbonyl (C=O) groups is 1. The van der Waals surface area contributed by atoms with Crippen molar-refractivity contribution in [2.75, 3.05) is 5.32 Å². The normalized spacial score (nSPS) is 11.2. The molecule has 8 heteroatoms. The van der Waals surface area contributed by atoms with Crippen molar-refractivity contribution in [2.45, 2.75) is 33.6 Å². The highest BCUT2D eigenvalue weighted by Gasteiger charge is 2.20. The summed E-state index contributed by atoms with van der Waals surface area (Å²) in [5, 5.41) is 18.9. The van der Waals surface area contributed by atoms with E-state index in [4.69, 9.17) is 0 Å². The van der Waals surface area contributed by atoms with Gasteiger partial charge in [0.15, 0.2) is 5.65 Å². The Morgan fingerprint density at radius 3 is 2.59 bits per heavy atom. The van der Waals surface area contributed by atoms with Crippen molar-refractivity contribution in [3.8, 4) is 0 Å². The Kier molecular flexibility index (Phi) is 4.65. The quantitative estimate of drug-likeness (QED) is 0.557. The summed E-state index contributed by atoms with van der Waals surface area (Å²) in [4.78, 5) is 28.2. The zero-order chi connectivity index (χ0) is 19.9. The van der Waals surface area contributed by atoms with E-state index in [0.29, 0.717) is 28.0 Å². The summed E-state index contributed by atoms with van der Waals surface area (Å²) in [5.74, 6) is -0.209. The summed E-state index contributed by atoms with van der Waals surface area (Å²) in [6.45, 7) is 7.62. The molecule has 8 nitrogen and oxygen atoms in total. The van der Waals surface area contributed by atoms with Crippen molar-refractivity contribution in [2.24, 2.45) is 7.05 Å². The fraction of sp³-hybridized carbons (Fsp3) is 0.316. The molecule has 0 aliphatic heterocycles. The third-order valence-corrected chi connectivity index (χ3v) is 4.50. The molecule has 0 aliphatic rings. The first-order valence-electron chi connectivity index (χ1n) is 8.59. The maximum absolute atomic E-state index is 13.1. The van der Waals surface area contributed by atoms with Crippen LogP contribution in [0.1, 0.15) is 47.1 Å². The molecule has 0 unspecified atom stereocenters. The van der Waals surface area contributed by atoms with Crippen molar-refractivity contribution in [3.63, 3.8) is 0 Å². The predicted molar refractivity (Wildman–Crippen MR) is 103 cm³/mol. The van der Waals surface area contributed by atoms with Crippen LogP contribution in [0.5, 0.6) is 0 Å². The van der Waals surface area contributed by atoms with E-state index >= 15 is 0 Å². The average Bonchev–Trinajstić information content (AvgIpc) is 2.90. The first-order valence-corrected chi connectivity index (χ1v) is 8.59. The van der Waals surface area contributed by atoms with Gasteiger partial charge in [-0.25, -0.2) is 4.98 Å². The maximum atomic E-state index is 13.1. The van der Waals surface area contributed by atoms with E-state index in [9.17, 15) is 14.9 Å². The Bertz CT molecular complexity index is 1070. The molecule has 2 heterocycles. The van der Waals surface area contributed by atoms with Crippen LogP contribution in [0.25, 0.3) is 11.0 Å². The molecule has 27 heavy (non-hydrogen) atoms. The lowest BCUT2D eigenvalue weighted by molar-refractivity contribution is -0.384. The number of anilines is 1. The molecule has 0 saturated carbocycles. The van der Waals surface area contributed by atoms with Crippen LogP contribution in [0.2, 0.25) is 0 Å². The second-order valence-electron chi connectivity index (χ2n) is 6.87. The number of pyridine rings is 1. The Morgan fingerprint density at radius 1 is 1.26 bits per heavy atom. The lowest BCUT2D eigenvalue weighted by Gasteiger charge is -2.12. The molecule has 2 aromatic heterocycles. The number of rotatable bonds is 4. The number of carbonyl (C=O) groups excluding carboxylic acids is 1. The Balaban J connectivity index is 2.11. The first-order chi connectivity index (χ1) is 12.7. The molecule has 1 N–H and O–H groups in total. The number of nitro benzene ring substituents is 1. The SMILES string of the molecule is Cc1ccc([N+](=O)[O-])cc1NC(=O)c1cc(C(C)C)nc2c1c(C)nn2C. The average molecular weight is 367 g/mol. The van der Waals surface area contributed by atoms with E-state index < -0.39 is 4.92 Å². The Hall–Kier alpha value is -3.29. The number of benzene rings is 1. The summed E-state index contributed by atoms with van der Waals surface area (Å²) in [6, 6.07) is 6.16. The van der Waals surface area contributed by atoms with E-state index in [1.807, 2.05) is 20.8 Å². The van der Waals surface area contributed by atoms with E-state index in [-0.39, 0.29) is 17.5 Å². The van der Waals surface area contributed by atoms with Gasteiger partial charge in [0.05, 0.1) is 27.3 Å². The highest BCUT2D eigenvalue weighted by atomic mass is 16.6. The maximum Gasteiger partial charge on any atom is 0.271 e. The minimum Gasteiger partial charge on any atom is -0.321 e. The number of nitrogens with zero attached hydrogens (tertiary/aromatic N) is 4. The lowest BCUT2D eigenvalue weighted by atomic mass is 10.0. The molecule has 140 valence electrons. The van der Waals surface area contributed by atoms with Crippen LogP contribution >= 0.6 is 0 Å². The molecule has 0 saturated heterocycles. The number of nitrogens with one attached hydrogen (secondary N) is 1. The summed E-state index contributed by atoms with van der Waals surface area (Å²) in [7, 11) is 1.79. The van der Waals surface area contributed by atoms with Crippen LogP contribution in [0.4, 0.5) is 11.4 Å². The molecule has 0 aliphatic carbocycles. The molecule has 0 radical (unpaired) electrons. The van der Waals surface area contributed by atoms with Gasteiger partial charge in [-0.05, 0) is 31.4 Å². The van der Waals surface area contributed by atoms with Crippen molar-refractivity contribution in [1.82, 2.24) is 14.8 Å². The molecule has 1 aromatic carbocycles. The van der Waals surface area contributed by atoms with Crippen LogP contribution in [0.15, 0.2) is 24.3 Å². The van der Waals surface area contributed by atoms with E-state index in [1.54, 1.807) is 30.8 Å². The van der Waals surface area contributed by atoms with Crippen LogP contribution in [-0.2, 0) is 7.05 Å². The van der Waals surface area contributed by atoms with Crippen LogP contribution < -0.4 is 5.32 Å². The van der Waals surface area contributed by atoms with Gasteiger partial charge in [-0.2, -0.15) is 5.10 Å². The van der Waals surface area contributed by atoms with Crippen LogP contribution in [0.3, 0.4) is 0 Å². The molecular formula is C19H21N5O3. The fourth-order valence-electron chi connectivity index (χ4n) is 2.99. The fourth-order valence-corrected chi connectivity index (χ4v) is 2.99. The number of hydrogen-bond acceptors (Lipinski definition) is 5. The second kappa shape index (κ2) is 6.79. The van der Waals surface area contributed by atoms with Gasteiger partial charge in [0.1, 0.15) is 0 Å². The lowest BCUT2D eigenvalue weighted by Crippen LogP contribution is -2.15. The van der Waals surface area contributed by atoms with Gasteiger partial charge in [0, 0.05) is 24.9 Å². The molecule has 0 spiro atoms. The highest BCUT2D eigenvalue weighted by Crippen LogP contribution is 2.27. The second-order valence-corrected chi connectivity index (χ2v) is 6.87. The number of aryl methyl sites for hydroxylation is 3. The monoisotopic (exact) mass is 367 g/mol. The van der Waals surface area contributed by atoms with Gasteiger partial charge < -0.3 is 5.32 Å². The number of nitro groups is 1. The van der Waals surface area contributed by atoms with Gasteiger partial charge in [-0.15, -0.1) is 0 Å². The predicted octanol–water partition coefficient (Wildman–Crippen LogP) is 3.87.